The van der Waals surface area contributed by atoms with Crippen molar-refractivity contribution in [1.29, 1.82) is 0 Å². The molecule has 0 unspecified atom stereocenters. The van der Waals surface area contributed by atoms with Crippen LogP contribution in [0, 0.1) is 14.9 Å². The fourth-order valence-electron chi connectivity index (χ4n) is 1.17. The molecule has 0 spiro atoms. The molecular weight excluding hydrogens is 242 g/mol. The first kappa shape index (κ1) is 11.1. The molecule has 7 nitrogen and oxygen atoms in total. The number of nitro groups is 1. The number of benzene rings is 1. The number of H-pyrrole nitrogens is 1. The molecule has 1 N–H and O–H groups in total. The summed E-state index contributed by atoms with van der Waals surface area (Å²) in [6.07, 6.45) is 2.88. The van der Waals surface area contributed by atoms with Crippen LogP contribution in [0.15, 0.2) is 35.7 Å². The molecule has 0 amide bonds. The van der Waals surface area contributed by atoms with Crippen molar-refractivity contribution >= 4 is 24.1 Å². The van der Waals surface area contributed by atoms with Gasteiger partial charge in [0.1, 0.15) is 6.33 Å². The zero-order valence-corrected chi connectivity index (χ0v) is 9.29. The smallest absolute Gasteiger partial charge is 0.258 e. The summed E-state index contributed by atoms with van der Waals surface area (Å²) in [6.45, 7) is 0. The van der Waals surface area contributed by atoms with Crippen LogP contribution in [0.5, 0.6) is 0 Å². The molecule has 17 heavy (non-hydrogen) atoms. The first-order chi connectivity index (χ1) is 8.16. The van der Waals surface area contributed by atoms with Gasteiger partial charge in [0, 0.05) is 17.7 Å². The predicted molar refractivity (Wildman–Crippen MR) is 63.5 cm³/mol. The van der Waals surface area contributed by atoms with Crippen molar-refractivity contribution < 1.29 is 4.92 Å². The molecule has 0 saturated heterocycles. The van der Waals surface area contributed by atoms with E-state index in [1.165, 1.54) is 29.4 Å². The Morgan fingerprint density at radius 3 is 3.06 bits per heavy atom. The molecule has 8 heteroatoms. The molecule has 86 valence electrons. The molecule has 0 atom stereocenters. The summed E-state index contributed by atoms with van der Waals surface area (Å²) in [7, 11) is 0. The lowest BCUT2D eigenvalue weighted by Gasteiger charge is -1.94. The predicted octanol–water partition coefficient (Wildman–Crippen LogP) is 1.73. The third-order valence-corrected chi connectivity index (χ3v) is 2.23. The Kier molecular flexibility index (Phi) is 3.06. The maximum atomic E-state index is 10.6. The normalized spacial score (nSPS) is 10.8. The van der Waals surface area contributed by atoms with Crippen LogP contribution in [0.4, 0.5) is 5.69 Å². The quantitative estimate of drug-likeness (QED) is 0.388. The Bertz CT molecular complexity index is 630. The summed E-state index contributed by atoms with van der Waals surface area (Å²) in [5, 5.41) is 20.8. The highest BCUT2D eigenvalue weighted by Crippen LogP contribution is 2.11. The Balaban J connectivity index is 2.27. The summed E-state index contributed by atoms with van der Waals surface area (Å²) in [4.78, 5) is 10.1. The van der Waals surface area contributed by atoms with Crippen LogP contribution >= 0.6 is 12.2 Å². The highest BCUT2D eigenvalue weighted by atomic mass is 32.1. The molecule has 1 aromatic heterocycles. The third-order valence-electron chi connectivity index (χ3n) is 1.95. The maximum absolute atomic E-state index is 10.6. The van der Waals surface area contributed by atoms with Gasteiger partial charge in [-0.2, -0.15) is 14.9 Å². The Morgan fingerprint density at radius 2 is 2.41 bits per heavy atom. The molecule has 0 aliphatic heterocycles. The molecule has 2 rings (SSSR count). The standard InChI is InChI=1S/C9H7N5O2S/c15-14(16)8-3-1-2-7(4-8)5-11-13-6-10-12-9(13)17/h1-6H,(H,12,17)/b11-5-. The lowest BCUT2D eigenvalue weighted by atomic mass is 10.2. The minimum absolute atomic E-state index is 0.0183. The van der Waals surface area contributed by atoms with Crippen molar-refractivity contribution in [1.82, 2.24) is 14.9 Å². The van der Waals surface area contributed by atoms with Gasteiger partial charge in [-0.25, -0.2) is 0 Å². The van der Waals surface area contributed by atoms with Crippen LogP contribution in [0.2, 0.25) is 0 Å². The molecule has 2 aromatic rings. The van der Waals surface area contributed by atoms with Gasteiger partial charge in [-0.05, 0) is 12.2 Å². The zero-order chi connectivity index (χ0) is 12.3. The van der Waals surface area contributed by atoms with E-state index in [0.29, 0.717) is 10.3 Å². The second-order valence-electron chi connectivity index (χ2n) is 3.10. The third kappa shape index (κ3) is 2.61. The minimum atomic E-state index is -0.457. The van der Waals surface area contributed by atoms with Crippen LogP contribution < -0.4 is 0 Å². The Labute approximate surface area is 101 Å². The van der Waals surface area contributed by atoms with E-state index in [2.05, 4.69) is 15.3 Å². The Morgan fingerprint density at radius 1 is 1.59 bits per heavy atom. The molecule has 0 aliphatic carbocycles. The largest absolute Gasteiger partial charge is 0.270 e. The van der Waals surface area contributed by atoms with Crippen LogP contribution in [0.1, 0.15) is 5.56 Å². The highest BCUT2D eigenvalue weighted by Gasteiger charge is 2.03. The number of hydrogen-bond donors (Lipinski definition) is 1. The second-order valence-corrected chi connectivity index (χ2v) is 3.49. The van der Waals surface area contributed by atoms with Crippen LogP contribution in [0.3, 0.4) is 0 Å². The van der Waals surface area contributed by atoms with Gasteiger partial charge in [-0.3, -0.25) is 15.2 Å². The van der Waals surface area contributed by atoms with Crippen molar-refractivity contribution in [3.8, 4) is 0 Å². The summed E-state index contributed by atoms with van der Waals surface area (Å²) in [5.41, 5.74) is 0.632. The highest BCUT2D eigenvalue weighted by molar-refractivity contribution is 7.71. The fraction of sp³-hybridized carbons (Fsp3) is 0. The van der Waals surface area contributed by atoms with Gasteiger partial charge in [0.05, 0.1) is 11.1 Å². The van der Waals surface area contributed by atoms with Crippen molar-refractivity contribution in [2.45, 2.75) is 0 Å². The number of aromatic amines is 1. The monoisotopic (exact) mass is 249 g/mol. The number of hydrogen-bond acceptors (Lipinski definition) is 5. The Hall–Kier alpha value is -2.35. The molecule has 0 fully saturated rings. The summed E-state index contributed by atoms with van der Waals surface area (Å²) in [6, 6.07) is 6.14. The van der Waals surface area contributed by atoms with Gasteiger partial charge in [0.15, 0.2) is 0 Å². The SMILES string of the molecule is O=[N+]([O-])c1cccc(/C=N\n2cn[nH]c2=S)c1. The summed E-state index contributed by atoms with van der Waals surface area (Å²) < 4.78 is 1.71. The van der Waals surface area contributed by atoms with Gasteiger partial charge in [-0.1, -0.05) is 12.1 Å². The second kappa shape index (κ2) is 4.66. The first-order valence-corrected chi connectivity index (χ1v) is 4.98. The topological polar surface area (TPSA) is 89.1 Å². The molecule has 1 aromatic carbocycles. The number of aromatic nitrogens is 3. The lowest BCUT2D eigenvalue weighted by molar-refractivity contribution is -0.384. The van der Waals surface area contributed by atoms with E-state index in [4.69, 9.17) is 12.2 Å². The van der Waals surface area contributed by atoms with E-state index in [0.717, 1.165) is 0 Å². The van der Waals surface area contributed by atoms with Gasteiger partial charge in [0.2, 0.25) is 4.77 Å². The first-order valence-electron chi connectivity index (χ1n) is 4.57. The van der Waals surface area contributed by atoms with Crippen molar-refractivity contribution in [3.63, 3.8) is 0 Å². The average Bonchev–Trinajstić information content (AvgIpc) is 2.72. The van der Waals surface area contributed by atoms with Gasteiger partial charge < -0.3 is 0 Å². The summed E-state index contributed by atoms with van der Waals surface area (Å²) >= 11 is 4.89. The van der Waals surface area contributed by atoms with Crippen molar-refractivity contribution in [2.24, 2.45) is 5.10 Å². The number of nitrogens with one attached hydrogen (secondary N) is 1. The molecule has 0 radical (unpaired) electrons. The van der Waals surface area contributed by atoms with Crippen molar-refractivity contribution in [3.05, 3.63) is 51.0 Å². The van der Waals surface area contributed by atoms with Crippen molar-refractivity contribution in [2.75, 3.05) is 0 Å². The van der Waals surface area contributed by atoms with Gasteiger partial charge in [0.25, 0.3) is 5.69 Å². The fourth-order valence-corrected chi connectivity index (χ4v) is 1.32. The van der Waals surface area contributed by atoms with E-state index in [1.54, 1.807) is 12.1 Å². The van der Waals surface area contributed by atoms with Crippen LogP contribution in [-0.4, -0.2) is 26.0 Å². The molecular formula is C9H7N5O2S. The average molecular weight is 249 g/mol. The zero-order valence-electron chi connectivity index (χ0n) is 8.48. The molecule has 1 heterocycles. The number of nitro benzene ring substituents is 1. The molecule has 0 saturated carbocycles. The van der Waals surface area contributed by atoms with Gasteiger partial charge >= 0.3 is 0 Å². The minimum Gasteiger partial charge on any atom is -0.258 e. The maximum Gasteiger partial charge on any atom is 0.270 e. The number of non-ortho nitro benzene ring substituents is 1. The van der Waals surface area contributed by atoms with E-state index < -0.39 is 4.92 Å². The summed E-state index contributed by atoms with van der Waals surface area (Å²) in [5.74, 6) is 0. The molecule has 0 bridgehead atoms. The van der Waals surface area contributed by atoms with E-state index >= 15 is 0 Å². The lowest BCUT2D eigenvalue weighted by Crippen LogP contribution is -1.92. The van der Waals surface area contributed by atoms with E-state index in [-0.39, 0.29) is 5.69 Å². The van der Waals surface area contributed by atoms with Crippen LogP contribution in [-0.2, 0) is 0 Å². The van der Waals surface area contributed by atoms with E-state index in [9.17, 15) is 10.1 Å². The number of rotatable bonds is 3. The van der Waals surface area contributed by atoms with E-state index in [1.807, 2.05) is 0 Å². The number of nitrogens with zero attached hydrogens (tertiary/aromatic N) is 4. The van der Waals surface area contributed by atoms with Crippen LogP contribution in [0.25, 0.3) is 0 Å². The molecule has 0 aliphatic rings. The van der Waals surface area contributed by atoms with Gasteiger partial charge in [-0.15, -0.1) is 0 Å².